The first-order chi connectivity index (χ1) is 14.4. The van der Waals surface area contributed by atoms with Gasteiger partial charge < -0.3 is 15.2 Å². The standard InChI is InChI=1S/C19H19Cl3N2O5S2/c1-10(2)15(27)23-17(19(20,21)22)29-12-5-3-11(4-6-12)9-13-16(28)24(18(30)31-13)8-7-14(25)26/h3-6,9-10,17H,7-8H2,1-2H3,(H,23,27)(H,25,26). The SMILES string of the molecule is CC(C)C(=O)NC(Oc1ccc(C=C2SC(=S)N(CCC(=O)O)C2=O)cc1)C(Cl)(Cl)Cl. The number of alkyl halides is 3. The Balaban J connectivity index is 2.10. The van der Waals surface area contributed by atoms with Crippen LogP contribution in [0.3, 0.4) is 0 Å². The summed E-state index contributed by atoms with van der Waals surface area (Å²) in [5.74, 6) is -1.67. The lowest BCUT2D eigenvalue weighted by atomic mass is 10.2. The van der Waals surface area contributed by atoms with Crippen molar-refractivity contribution in [1.29, 1.82) is 0 Å². The molecule has 0 aliphatic carbocycles. The van der Waals surface area contributed by atoms with Crippen LogP contribution in [-0.2, 0) is 14.4 Å². The van der Waals surface area contributed by atoms with E-state index >= 15 is 0 Å². The number of halogens is 3. The highest BCUT2D eigenvalue weighted by Gasteiger charge is 2.36. The third kappa shape index (κ3) is 7.54. The second kappa shape index (κ2) is 10.9. The lowest BCUT2D eigenvalue weighted by molar-refractivity contribution is -0.137. The monoisotopic (exact) mass is 524 g/mol. The van der Waals surface area contributed by atoms with Crippen LogP contribution in [0.15, 0.2) is 29.2 Å². The largest absolute Gasteiger partial charge is 0.481 e. The molecule has 2 N–H and O–H groups in total. The van der Waals surface area contributed by atoms with Crippen LogP contribution in [0.25, 0.3) is 6.08 Å². The van der Waals surface area contributed by atoms with E-state index in [0.717, 1.165) is 11.8 Å². The number of carbonyl (C=O) groups excluding carboxylic acids is 2. The molecule has 1 aromatic rings. The highest BCUT2D eigenvalue weighted by Crippen LogP contribution is 2.34. The molecule has 0 spiro atoms. The minimum absolute atomic E-state index is 0.0185. The maximum Gasteiger partial charge on any atom is 0.305 e. The number of nitrogens with one attached hydrogen (secondary N) is 1. The molecule has 1 atom stereocenters. The van der Waals surface area contributed by atoms with Crippen molar-refractivity contribution in [1.82, 2.24) is 10.2 Å². The number of thioether (sulfide) groups is 1. The highest BCUT2D eigenvalue weighted by molar-refractivity contribution is 8.26. The van der Waals surface area contributed by atoms with E-state index in [1.807, 2.05) is 0 Å². The molecule has 1 fully saturated rings. The molecule has 1 aliphatic heterocycles. The van der Waals surface area contributed by atoms with Gasteiger partial charge in [0.25, 0.3) is 5.91 Å². The molecule has 1 heterocycles. The van der Waals surface area contributed by atoms with Gasteiger partial charge >= 0.3 is 5.97 Å². The van der Waals surface area contributed by atoms with Crippen molar-refractivity contribution in [2.75, 3.05) is 6.54 Å². The van der Waals surface area contributed by atoms with Crippen LogP contribution in [0.1, 0.15) is 25.8 Å². The summed E-state index contributed by atoms with van der Waals surface area (Å²) in [6.07, 6.45) is 0.240. The summed E-state index contributed by atoms with van der Waals surface area (Å²) in [6, 6.07) is 6.56. The van der Waals surface area contributed by atoms with Gasteiger partial charge in [0.15, 0.2) is 0 Å². The van der Waals surface area contributed by atoms with Gasteiger partial charge in [-0.05, 0) is 23.8 Å². The summed E-state index contributed by atoms with van der Waals surface area (Å²) in [7, 11) is 0. The number of carboxylic acids is 1. The van der Waals surface area contributed by atoms with Crippen LogP contribution < -0.4 is 10.1 Å². The third-order valence-electron chi connectivity index (χ3n) is 3.95. The molecule has 168 valence electrons. The van der Waals surface area contributed by atoms with E-state index in [4.69, 9.17) is 56.9 Å². The topological polar surface area (TPSA) is 95.9 Å². The van der Waals surface area contributed by atoms with E-state index in [9.17, 15) is 14.4 Å². The Bertz CT molecular complexity index is 901. The number of ether oxygens (including phenoxy) is 1. The average Bonchev–Trinajstić information content (AvgIpc) is 2.92. The Morgan fingerprint density at radius 2 is 1.90 bits per heavy atom. The van der Waals surface area contributed by atoms with Crippen molar-refractivity contribution in [2.24, 2.45) is 5.92 Å². The number of amides is 2. The van der Waals surface area contributed by atoms with Crippen LogP contribution >= 0.6 is 58.8 Å². The molecule has 1 unspecified atom stereocenters. The van der Waals surface area contributed by atoms with Crippen molar-refractivity contribution in [2.45, 2.75) is 30.3 Å². The molecule has 1 aliphatic rings. The minimum atomic E-state index is -1.90. The van der Waals surface area contributed by atoms with Gasteiger partial charge in [-0.2, -0.15) is 0 Å². The maximum atomic E-state index is 12.5. The predicted octanol–water partition coefficient (Wildman–Crippen LogP) is 4.21. The van der Waals surface area contributed by atoms with E-state index in [1.54, 1.807) is 44.2 Å². The van der Waals surface area contributed by atoms with Gasteiger partial charge in [0.1, 0.15) is 10.1 Å². The fraction of sp³-hybridized carbons (Fsp3) is 0.368. The van der Waals surface area contributed by atoms with Crippen LogP contribution in [0.2, 0.25) is 0 Å². The van der Waals surface area contributed by atoms with Crippen LogP contribution in [-0.4, -0.2) is 48.7 Å². The minimum Gasteiger partial charge on any atom is -0.481 e. The third-order valence-corrected chi connectivity index (χ3v) is 5.92. The maximum absolute atomic E-state index is 12.5. The van der Waals surface area contributed by atoms with E-state index in [-0.39, 0.29) is 30.7 Å². The number of hydrogen-bond donors (Lipinski definition) is 2. The Labute approximate surface area is 204 Å². The Morgan fingerprint density at radius 3 is 2.42 bits per heavy atom. The van der Waals surface area contributed by atoms with Crippen molar-refractivity contribution < 1.29 is 24.2 Å². The lowest BCUT2D eigenvalue weighted by Gasteiger charge is -2.27. The Morgan fingerprint density at radius 1 is 1.29 bits per heavy atom. The second-order valence-corrected chi connectivity index (χ2v) is 10.8. The van der Waals surface area contributed by atoms with Crippen molar-refractivity contribution in [3.05, 3.63) is 34.7 Å². The fourth-order valence-electron chi connectivity index (χ4n) is 2.30. The lowest BCUT2D eigenvalue weighted by Crippen LogP contribution is -2.49. The van der Waals surface area contributed by atoms with Crippen molar-refractivity contribution in [3.63, 3.8) is 0 Å². The molecule has 1 aromatic carbocycles. The van der Waals surface area contributed by atoms with Gasteiger partial charge in [-0.25, -0.2) is 0 Å². The summed E-state index contributed by atoms with van der Waals surface area (Å²) in [6.45, 7) is 3.42. The number of hydrogen-bond acceptors (Lipinski definition) is 6. The molecule has 12 heteroatoms. The van der Waals surface area contributed by atoms with Crippen LogP contribution in [0.5, 0.6) is 5.75 Å². The number of carbonyl (C=O) groups is 3. The van der Waals surface area contributed by atoms with E-state index in [1.165, 1.54) is 4.90 Å². The number of aliphatic carboxylic acids is 1. The summed E-state index contributed by atoms with van der Waals surface area (Å²) in [4.78, 5) is 36.8. The van der Waals surface area contributed by atoms with Gasteiger partial charge in [0.05, 0.1) is 11.3 Å². The van der Waals surface area contributed by atoms with Gasteiger partial charge in [-0.3, -0.25) is 19.3 Å². The first kappa shape index (κ1) is 25.7. The Hall–Kier alpha value is -1.52. The van der Waals surface area contributed by atoms with Crippen molar-refractivity contribution in [3.8, 4) is 5.75 Å². The van der Waals surface area contributed by atoms with Crippen LogP contribution in [0, 0.1) is 5.92 Å². The molecular formula is C19H19Cl3N2O5S2. The first-order valence-corrected chi connectivity index (χ1v) is 11.4. The van der Waals surface area contributed by atoms with Crippen molar-refractivity contribution >= 4 is 87.0 Å². The molecule has 7 nitrogen and oxygen atoms in total. The molecule has 0 bridgehead atoms. The number of carboxylic acid groups (broad SMARTS) is 1. The van der Waals surface area contributed by atoms with E-state index in [2.05, 4.69) is 5.32 Å². The smallest absolute Gasteiger partial charge is 0.305 e. The number of rotatable bonds is 8. The van der Waals surface area contributed by atoms with Gasteiger partial charge in [0, 0.05) is 12.5 Å². The molecule has 0 radical (unpaired) electrons. The molecule has 31 heavy (non-hydrogen) atoms. The fourth-order valence-corrected chi connectivity index (χ4v) is 3.91. The van der Waals surface area contributed by atoms with Gasteiger partial charge in [-0.1, -0.05) is 84.8 Å². The molecular weight excluding hydrogens is 507 g/mol. The molecule has 2 rings (SSSR count). The summed E-state index contributed by atoms with van der Waals surface area (Å²) < 4.78 is 4.04. The zero-order valence-corrected chi connectivity index (χ0v) is 20.3. The van der Waals surface area contributed by atoms with Gasteiger partial charge in [-0.15, -0.1) is 0 Å². The predicted molar refractivity (Wildman–Crippen MR) is 126 cm³/mol. The second-order valence-electron chi connectivity index (χ2n) is 6.75. The summed E-state index contributed by atoms with van der Waals surface area (Å²) in [5.41, 5.74) is 0.683. The summed E-state index contributed by atoms with van der Waals surface area (Å²) >= 11 is 24.0. The molecule has 1 saturated heterocycles. The normalized spacial score (nSPS) is 16.7. The zero-order chi connectivity index (χ0) is 23.3. The zero-order valence-electron chi connectivity index (χ0n) is 16.4. The molecule has 0 saturated carbocycles. The Kier molecular flexibility index (Phi) is 9.03. The number of benzene rings is 1. The number of nitrogens with zero attached hydrogens (tertiary/aromatic N) is 1. The quantitative estimate of drug-likeness (QED) is 0.227. The highest BCUT2D eigenvalue weighted by atomic mass is 35.6. The van der Waals surface area contributed by atoms with Crippen LogP contribution in [0.4, 0.5) is 0 Å². The summed E-state index contributed by atoms with van der Waals surface area (Å²) in [5, 5.41) is 11.3. The first-order valence-electron chi connectivity index (χ1n) is 8.99. The van der Waals surface area contributed by atoms with Gasteiger partial charge in [0.2, 0.25) is 15.9 Å². The number of thiocarbonyl (C=S) groups is 1. The molecule has 2 amide bonds. The van der Waals surface area contributed by atoms with E-state index < -0.39 is 16.0 Å². The van der Waals surface area contributed by atoms with E-state index in [0.29, 0.717) is 20.5 Å². The molecule has 0 aromatic heterocycles. The average molecular weight is 526 g/mol.